The maximum Gasteiger partial charge on any atom is 0.123 e. The van der Waals surface area contributed by atoms with Gasteiger partial charge in [-0.25, -0.2) is 4.39 Å². The maximum absolute atomic E-state index is 13.5. The van der Waals surface area contributed by atoms with Crippen LogP contribution in [0.1, 0.15) is 38.2 Å². The van der Waals surface area contributed by atoms with Gasteiger partial charge in [-0.2, -0.15) is 0 Å². The summed E-state index contributed by atoms with van der Waals surface area (Å²) in [6.45, 7) is 2.25. The molecule has 0 amide bonds. The van der Waals surface area contributed by atoms with Crippen LogP contribution in [0.3, 0.4) is 0 Å². The Hall–Kier alpha value is -2.93. The van der Waals surface area contributed by atoms with Gasteiger partial charge in [-0.05, 0) is 69.6 Å². The van der Waals surface area contributed by atoms with Crippen molar-refractivity contribution in [3.05, 3.63) is 96.3 Å². The predicted molar refractivity (Wildman–Crippen MR) is 123 cm³/mol. The quantitative estimate of drug-likeness (QED) is 0.281. The van der Waals surface area contributed by atoms with Gasteiger partial charge in [0.05, 0.1) is 0 Å². The topological polar surface area (TPSA) is 0 Å². The summed E-state index contributed by atoms with van der Waals surface area (Å²) >= 11 is 0. The van der Waals surface area contributed by atoms with E-state index in [2.05, 4.69) is 67.6 Å². The second-order valence-corrected chi connectivity index (χ2v) is 7.79. The minimum absolute atomic E-state index is 0.203. The van der Waals surface area contributed by atoms with Crippen LogP contribution >= 0.6 is 0 Å². The Labute approximate surface area is 173 Å². The smallest absolute Gasteiger partial charge is 0.123 e. The fraction of sp³-hybridized carbons (Fsp3) is 0.214. The van der Waals surface area contributed by atoms with Crippen molar-refractivity contribution in [2.45, 2.75) is 39.0 Å². The zero-order valence-corrected chi connectivity index (χ0v) is 17.0. The molecule has 0 aliphatic rings. The van der Waals surface area contributed by atoms with E-state index in [4.69, 9.17) is 0 Å². The molecule has 0 aliphatic carbocycles. The first-order chi connectivity index (χ1) is 14.2. The lowest BCUT2D eigenvalue weighted by atomic mass is 9.97. The first-order valence-electron chi connectivity index (χ1n) is 10.6. The van der Waals surface area contributed by atoms with Crippen LogP contribution in [0.2, 0.25) is 0 Å². The standard InChI is InChI=1S/C28H27F/c1-2-3-4-5-7-21-10-11-27-19-26(17-16-25(27)18-21)23-14-12-22(13-15-23)24-8-6-9-28(29)20-24/h6,8-20H,2-5,7H2,1H3. The molecule has 0 radical (unpaired) electrons. The highest BCUT2D eigenvalue weighted by molar-refractivity contribution is 5.88. The first-order valence-corrected chi connectivity index (χ1v) is 10.6. The van der Waals surface area contributed by atoms with Crippen LogP contribution in [0, 0.1) is 5.82 Å². The Morgan fingerprint density at radius 3 is 1.97 bits per heavy atom. The zero-order chi connectivity index (χ0) is 20.1. The number of halogens is 1. The third-order valence-electron chi connectivity index (χ3n) is 5.60. The summed E-state index contributed by atoms with van der Waals surface area (Å²) in [6.07, 6.45) is 6.37. The van der Waals surface area contributed by atoms with Crippen molar-refractivity contribution >= 4 is 10.8 Å². The van der Waals surface area contributed by atoms with Crippen LogP contribution in [-0.2, 0) is 6.42 Å². The molecule has 146 valence electrons. The number of rotatable bonds is 7. The molecule has 4 aromatic rings. The van der Waals surface area contributed by atoms with Crippen molar-refractivity contribution in [1.29, 1.82) is 0 Å². The van der Waals surface area contributed by atoms with Crippen LogP contribution in [0.4, 0.5) is 4.39 Å². The van der Waals surface area contributed by atoms with E-state index in [1.807, 2.05) is 6.07 Å². The third-order valence-corrected chi connectivity index (χ3v) is 5.60. The van der Waals surface area contributed by atoms with Gasteiger partial charge >= 0.3 is 0 Å². The van der Waals surface area contributed by atoms with Crippen LogP contribution in [0.5, 0.6) is 0 Å². The van der Waals surface area contributed by atoms with Crippen molar-refractivity contribution in [2.75, 3.05) is 0 Å². The Kier molecular flexibility index (Phi) is 6.05. The summed E-state index contributed by atoms with van der Waals surface area (Å²) in [5, 5.41) is 2.58. The van der Waals surface area contributed by atoms with Gasteiger partial charge in [0.15, 0.2) is 0 Å². The largest absolute Gasteiger partial charge is 0.207 e. The third kappa shape index (κ3) is 4.74. The number of aryl methyl sites for hydroxylation is 1. The Morgan fingerprint density at radius 1 is 0.586 bits per heavy atom. The molecule has 0 N–H and O–H groups in total. The lowest BCUT2D eigenvalue weighted by Crippen LogP contribution is -1.87. The molecule has 0 atom stereocenters. The maximum atomic E-state index is 13.5. The average molecular weight is 383 g/mol. The van der Waals surface area contributed by atoms with Crippen molar-refractivity contribution in [2.24, 2.45) is 0 Å². The summed E-state index contributed by atoms with van der Waals surface area (Å²) in [4.78, 5) is 0. The SMILES string of the molecule is CCCCCCc1ccc2cc(-c3ccc(-c4cccc(F)c4)cc3)ccc2c1. The summed E-state index contributed by atoms with van der Waals surface area (Å²) < 4.78 is 13.5. The average Bonchev–Trinajstić information content (AvgIpc) is 2.76. The minimum atomic E-state index is -0.203. The van der Waals surface area contributed by atoms with E-state index >= 15 is 0 Å². The summed E-state index contributed by atoms with van der Waals surface area (Å²) in [5.41, 5.74) is 5.75. The van der Waals surface area contributed by atoms with Crippen LogP contribution < -0.4 is 0 Å². The van der Waals surface area contributed by atoms with E-state index in [1.54, 1.807) is 12.1 Å². The van der Waals surface area contributed by atoms with Gasteiger partial charge in [0, 0.05) is 0 Å². The monoisotopic (exact) mass is 382 g/mol. The molecule has 0 aromatic heterocycles. The van der Waals surface area contributed by atoms with Crippen LogP contribution in [0.25, 0.3) is 33.0 Å². The van der Waals surface area contributed by atoms with E-state index in [1.165, 1.54) is 65.6 Å². The fourth-order valence-corrected chi connectivity index (χ4v) is 3.91. The van der Waals surface area contributed by atoms with Gasteiger partial charge in [-0.3, -0.25) is 0 Å². The normalized spacial score (nSPS) is 11.1. The number of hydrogen-bond donors (Lipinski definition) is 0. The fourth-order valence-electron chi connectivity index (χ4n) is 3.91. The van der Waals surface area contributed by atoms with Crippen molar-refractivity contribution in [3.8, 4) is 22.3 Å². The highest BCUT2D eigenvalue weighted by Crippen LogP contribution is 2.28. The van der Waals surface area contributed by atoms with E-state index in [0.717, 1.165) is 11.1 Å². The van der Waals surface area contributed by atoms with Crippen molar-refractivity contribution < 1.29 is 4.39 Å². The molecule has 0 spiro atoms. The Balaban J connectivity index is 1.53. The van der Waals surface area contributed by atoms with Crippen molar-refractivity contribution in [1.82, 2.24) is 0 Å². The molecule has 0 fully saturated rings. The van der Waals surface area contributed by atoms with Gasteiger partial charge in [0.1, 0.15) is 5.82 Å². The van der Waals surface area contributed by atoms with Gasteiger partial charge in [0.2, 0.25) is 0 Å². The molecule has 0 saturated carbocycles. The van der Waals surface area contributed by atoms with Crippen LogP contribution in [-0.4, -0.2) is 0 Å². The lowest BCUT2D eigenvalue weighted by molar-refractivity contribution is 0.628. The number of benzene rings is 4. The van der Waals surface area contributed by atoms with E-state index in [-0.39, 0.29) is 5.82 Å². The van der Waals surface area contributed by atoms with Gasteiger partial charge < -0.3 is 0 Å². The van der Waals surface area contributed by atoms with E-state index < -0.39 is 0 Å². The Bertz CT molecular complexity index is 1090. The molecule has 1 heteroatoms. The van der Waals surface area contributed by atoms with Crippen LogP contribution in [0.15, 0.2) is 84.9 Å². The van der Waals surface area contributed by atoms with Gasteiger partial charge in [-0.15, -0.1) is 0 Å². The molecular weight excluding hydrogens is 355 g/mol. The summed E-state index contributed by atoms with van der Waals surface area (Å²) in [6, 6.07) is 28.6. The molecule has 4 rings (SSSR count). The lowest BCUT2D eigenvalue weighted by Gasteiger charge is -2.08. The Morgan fingerprint density at radius 2 is 1.24 bits per heavy atom. The van der Waals surface area contributed by atoms with Gasteiger partial charge in [-0.1, -0.05) is 92.9 Å². The summed E-state index contributed by atoms with van der Waals surface area (Å²) in [5.74, 6) is -0.203. The number of unbranched alkanes of at least 4 members (excludes halogenated alkanes) is 3. The molecular formula is C28H27F. The predicted octanol–water partition coefficient (Wildman–Crippen LogP) is 8.44. The van der Waals surface area contributed by atoms with Gasteiger partial charge in [0.25, 0.3) is 0 Å². The highest BCUT2D eigenvalue weighted by Gasteiger charge is 2.04. The summed E-state index contributed by atoms with van der Waals surface area (Å²) in [7, 11) is 0. The molecule has 29 heavy (non-hydrogen) atoms. The second kappa shape index (κ2) is 9.05. The van der Waals surface area contributed by atoms with E-state index in [9.17, 15) is 4.39 Å². The van der Waals surface area contributed by atoms with Crippen molar-refractivity contribution in [3.63, 3.8) is 0 Å². The molecule has 0 aliphatic heterocycles. The number of fused-ring (bicyclic) bond motifs is 1. The molecule has 0 unspecified atom stereocenters. The molecule has 0 bridgehead atoms. The first kappa shape index (κ1) is 19.4. The van der Waals surface area contributed by atoms with E-state index in [0.29, 0.717) is 0 Å². The minimum Gasteiger partial charge on any atom is -0.207 e. The highest BCUT2D eigenvalue weighted by atomic mass is 19.1. The second-order valence-electron chi connectivity index (χ2n) is 7.79. The molecule has 0 nitrogen and oxygen atoms in total. The number of hydrogen-bond acceptors (Lipinski definition) is 0. The molecule has 0 heterocycles. The molecule has 0 saturated heterocycles. The zero-order valence-electron chi connectivity index (χ0n) is 17.0. The molecule has 4 aromatic carbocycles.